The maximum absolute atomic E-state index is 14.3. The highest BCUT2D eigenvalue weighted by Crippen LogP contribution is 2.52. The number of benzene rings is 2. The molecule has 3 aliphatic rings. The highest BCUT2D eigenvalue weighted by atomic mass is 19.4. The van der Waals surface area contributed by atoms with Crippen LogP contribution in [0.4, 0.5) is 18.9 Å². The maximum Gasteiger partial charge on any atom is 0.416 e. The number of nitrogens with zero attached hydrogens (tertiary/aromatic N) is 6. The van der Waals surface area contributed by atoms with Gasteiger partial charge in [-0.2, -0.15) is 18.4 Å². The predicted molar refractivity (Wildman–Crippen MR) is 142 cm³/mol. The first-order valence-electron chi connectivity index (χ1n) is 13.7. The van der Waals surface area contributed by atoms with Gasteiger partial charge in [-0.15, -0.1) is 10.2 Å². The highest BCUT2D eigenvalue weighted by molar-refractivity contribution is 6.10. The Balaban J connectivity index is 1.35. The summed E-state index contributed by atoms with van der Waals surface area (Å²) in [6.07, 6.45) is 0.306. The molecule has 0 radical (unpaired) electrons. The number of hydrogen-bond donors (Lipinski definition) is 0. The molecule has 1 aromatic heterocycles. The van der Waals surface area contributed by atoms with Gasteiger partial charge in [0.15, 0.2) is 0 Å². The minimum atomic E-state index is -4.57. The molecule has 0 N–H and O–H groups in total. The molecule has 0 bridgehead atoms. The summed E-state index contributed by atoms with van der Waals surface area (Å²) >= 11 is 0. The Morgan fingerprint density at radius 3 is 2.67 bits per heavy atom. The molecule has 0 spiro atoms. The number of anilines is 1. The summed E-state index contributed by atoms with van der Waals surface area (Å²) in [5.41, 5.74) is 0.775. The number of nitriles is 1. The quantitative estimate of drug-likeness (QED) is 0.424. The van der Waals surface area contributed by atoms with Gasteiger partial charge >= 0.3 is 6.18 Å². The molecule has 10 heteroatoms. The molecule has 1 saturated heterocycles. The smallest absolute Gasteiger partial charge is 0.320 e. The van der Waals surface area contributed by atoms with E-state index in [1.807, 2.05) is 29.8 Å². The van der Waals surface area contributed by atoms with Gasteiger partial charge in [0.1, 0.15) is 12.2 Å². The minimum absolute atomic E-state index is 0.0230. The third-order valence-electron chi connectivity index (χ3n) is 8.78. The third-order valence-corrected chi connectivity index (χ3v) is 8.78. The van der Waals surface area contributed by atoms with E-state index in [2.05, 4.69) is 28.1 Å². The number of alkyl halides is 3. The lowest BCUT2D eigenvalue weighted by Crippen LogP contribution is -2.44. The highest BCUT2D eigenvalue weighted by Gasteiger charge is 2.50. The zero-order chi connectivity index (χ0) is 28.2. The van der Waals surface area contributed by atoms with E-state index in [9.17, 15) is 23.2 Å². The summed E-state index contributed by atoms with van der Waals surface area (Å²) in [5, 5.41) is 17.8. The van der Waals surface area contributed by atoms with Crippen molar-refractivity contribution in [3.63, 3.8) is 0 Å². The van der Waals surface area contributed by atoms with Crippen LogP contribution < -0.4 is 4.90 Å². The molecular formula is C30H31F3N6O. The van der Waals surface area contributed by atoms with Crippen LogP contribution in [0.1, 0.15) is 71.0 Å². The fourth-order valence-corrected chi connectivity index (χ4v) is 6.82. The Bertz CT molecular complexity index is 1500. The number of piperidine rings is 1. The van der Waals surface area contributed by atoms with Crippen molar-refractivity contribution in [1.29, 1.82) is 5.26 Å². The summed E-state index contributed by atoms with van der Waals surface area (Å²) in [6, 6.07) is 12.6. The first-order chi connectivity index (χ1) is 19.1. The zero-order valence-electron chi connectivity index (χ0n) is 22.6. The Kier molecular flexibility index (Phi) is 6.45. The van der Waals surface area contributed by atoms with Crippen LogP contribution in [0, 0.1) is 23.2 Å². The van der Waals surface area contributed by atoms with Gasteiger partial charge in [0.2, 0.25) is 0 Å². The Morgan fingerprint density at radius 2 is 2.00 bits per heavy atom. The standard InChI is InChI=1S/C30H31F3N6O/c1-19-5-4-8-38(15-19)16-20-9-24-25(26(10-20)30(31,32)33)17-39(27(24)40)23-7-3-6-22(11-23)29(12-21(13-29)14-34)28-36-35-18-37(28)2/h3,6-7,9-11,18-19,21H,4-5,8,12-13,15-17H2,1-2H3/t19-,21-,29-/m0/s1. The molecule has 208 valence electrons. The van der Waals surface area contributed by atoms with Crippen molar-refractivity contribution < 1.29 is 18.0 Å². The first kappa shape index (κ1) is 26.5. The Hall–Kier alpha value is -3.71. The summed E-state index contributed by atoms with van der Waals surface area (Å²) in [6.45, 7) is 4.08. The number of likely N-dealkylation sites (tertiary alicyclic amines) is 1. The monoisotopic (exact) mass is 548 g/mol. The van der Waals surface area contributed by atoms with E-state index in [0.29, 0.717) is 36.6 Å². The fourth-order valence-electron chi connectivity index (χ4n) is 6.82. The number of carbonyl (C=O) groups excluding carboxylic acids is 1. The molecule has 40 heavy (non-hydrogen) atoms. The number of aromatic nitrogens is 3. The van der Waals surface area contributed by atoms with Crippen molar-refractivity contribution in [3.05, 3.63) is 76.4 Å². The van der Waals surface area contributed by atoms with Gasteiger partial charge in [0.25, 0.3) is 5.91 Å². The van der Waals surface area contributed by atoms with Gasteiger partial charge in [0.05, 0.1) is 23.6 Å². The largest absolute Gasteiger partial charge is 0.416 e. The summed E-state index contributed by atoms with van der Waals surface area (Å²) in [5.74, 6) is 0.665. The molecule has 0 unspecified atom stereocenters. The van der Waals surface area contributed by atoms with Crippen LogP contribution in [0.25, 0.3) is 0 Å². The average molecular weight is 549 g/mol. The number of hydrogen-bond acceptors (Lipinski definition) is 5. The lowest BCUT2D eigenvalue weighted by Gasteiger charge is -2.44. The van der Waals surface area contributed by atoms with E-state index in [1.54, 1.807) is 18.5 Å². The molecule has 1 saturated carbocycles. The van der Waals surface area contributed by atoms with Crippen LogP contribution in [0.2, 0.25) is 0 Å². The van der Waals surface area contributed by atoms with Gasteiger partial charge in [-0.25, -0.2) is 0 Å². The van der Waals surface area contributed by atoms with Crippen molar-refractivity contribution >= 4 is 11.6 Å². The Morgan fingerprint density at radius 1 is 1.20 bits per heavy atom. The van der Waals surface area contributed by atoms with Crippen LogP contribution >= 0.6 is 0 Å². The topological polar surface area (TPSA) is 78.1 Å². The molecule has 1 atom stereocenters. The lowest BCUT2D eigenvalue weighted by molar-refractivity contribution is -0.138. The van der Waals surface area contributed by atoms with Crippen LogP contribution in [0.15, 0.2) is 42.7 Å². The number of amides is 1. The molecule has 6 rings (SSSR count). The van der Waals surface area contributed by atoms with Gasteiger partial charge in [0, 0.05) is 37.3 Å². The molecule has 3 aromatic rings. The SMILES string of the molecule is C[C@H]1CCCN(Cc2cc3c(c(C(F)(F)F)c2)CN(c2cccc([C@]4(c5nncn5C)C[C@H](C#N)C4)c2)C3=O)C1. The van der Waals surface area contributed by atoms with E-state index in [0.717, 1.165) is 37.3 Å². The van der Waals surface area contributed by atoms with Crippen molar-refractivity contribution in [2.75, 3.05) is 18.0 Å². The van der Waals surface area contributed by atoms with E-state index >= 15 is 0 Å². The molecule has 3 heterocycles. The van der Waals surface area contributed by atoms with Crippen molar-refractivity contribution in [2.24, 2.45) is 18.9 Å². The third kappa shape index (κ3) is 4.46. The Labute approximate surface area is 231 Å². The molecule has 7 nitrogen and oxygen atoms in total. The van der Waals surface area contributed by atoms with Gasteiger partial charge < -0.3 is 9.47 Å². The fraction of sp³-hybridized carbons (Fsp3) is 0.467. The average Bonchev–Trinajstić information content (AvgIpc) is 3.46. The van der Waals surface area contributed by atoms with Crippen molar-refractivity contribution in [3.8, 4) is 6.07 Å². The van der Waals surface area contributed by atoms with Crippen molar-refractivity contribution in [2.45, 2.75) is 57.3 Å². The summed E-state index contributed by atoms with van der Waals surface area (Å²) < 4.78 is 44.7. The van der Waals surface area contributed by atoms with Crippen molar-refractivity contribution in [1.82, 2.24) is 19.7 Å². The molecule has 2 aliphatic heterocycles. The molecule has 1 aliphatic carbocycles. The minimum Gasteiger partial charge on any atom is -0.320 e. The predicted octanol–water partition coefficient (Wildman–Crippen LogP) is 5.45. The number of fused-ring (bicyclic) bond motifs is 1. The van der Waals surface area contributed by atoms with E-state index in [4.69, 9.17) is 0 Å². The van der Waals surface area contributed by atoms with Gasteiger partial charge in [-0.05, 0) is 79.1 Å². The molecule has 2 aromatic carbocycles. The van der Waals surface area contributed by atoms with Gasteiger partial charge in [-0.1, -0.05) is 19.1 Å². The molecule has 1 amide bonds. The van der Waals surface area contributed by atoms with E-state index in [1.165, 1.54) is 11.0 Å². The molecule has 2 fully saturated rings. The van der Waals surface area contributed by atoms with Crippen LogP contribution in [0.5, 0.6) is 0 Å². The number of aryl methyl sites for hydroxylation is 1. The van der Waals surface area contributed by atoms with Crippen LogP contribution in [-0.4, -0.2) is 38.7 Å². The summed E-state index contributed by atoms with van der Waals surface area (Å²) in [7, 11) is 1.85. The van der Waals surface area contributed by atoms with E-state index < -0.39 is 23.1 Å². The number of rotatable bonds is 5. The van der Waals surface area contributed by atoms with Crippen LogP contribution in [0.3, 0.4) is 0 Å². The second-order valence-electron chi connectivity index (χ2n) is 11.7. The number of halogens is 3. The first-order valence-corrected chi connectivity index (χ1v) is 13.7. The van der Waals surface area contributed by atoms with Gasteiger partial charge in [-0.3, -0.25) is 9.69 Å². The lowest BCUT2D eigenvalue weighted by atomic mass is 9.58. The number of carbonyl (C=O) groups is 1. The normalized spacial score (nSPS) is 25.0. The van der Waals surface area contributed by atoms with Crippen LogP contribution in [-0.2, 0) is 31.7 Å². The molecular weight excluding hydrogens is 517 g/mol. The maximum atomic E-state index is 14.3. The second kappa shape index (κ2) is 9.73. The van der Waals surface area contributed by atoms with E-state index in [-0.39, 0.29) is 23.6 Å². The second-order valence-corrected chi connectivity index (χ2v) is 11.7. The summed E-state index contributed by atoms with van der Waals surface area (Å²) in [4.78, 5) is 17.3. The zero-order valence-corrected chi connectivity index (χ0v) is 22.6.